The van der Waals surface area contributed by atoms with Crippen molar-refractivity contribution < 1.29 is 4.79 Å². The number of aromatic nitrogens is 1. The highest BCUT2D eigenvalue weighted by atomic mass is 32.1. The van der Waals surface area contributed by atoms with E-state index in [0.717, 1.165) is 24.0 Å². The average molecular weight is 238 g/mol. The van der Waals surface area contributed by atoms with E-state index in [4.69, 9.17) is 0 Å². The van der Waals surface area contributed by atoms with Gasteiger partial charge >= 0.3 is 0 Å². The normalized spacial score (nSPS) is 22.2. The Kier molecular flexibility index (Phi) is 3.71. The second kappa shape index (κ2) is 5.06. The van der Waals surface area contributed by atoms with Crippen LogP contribution in [0.5, 0.6) is 0 Å². The summed E-state index contributed by atoms with van der Waals surface area (Å²) in [6, 6.07) is 0. The van der Waals surface area contributed by atoms with Crippen molar-refractivity contribution in [3.63, 3.8) is 0 Å². The van der Waals surface area contributed by atoms with Gasteiger partial charge in [0.05, 0.1) is 6.54 Å². The van der Waals surface area contributed by atoms with E-state index in [2.05, 4.69) is 16.8 Å². The van der Waals surface area contributed by atoms with Gasteiger partial charge in [-0.15, -0.1) is 11.3 Å². The van der Waals surface area contributed by atoms with Crippen LogP contribution in [-0.4, -0.2) is 28.8 Å². The Balaban J connectivity index is 1.95. The second-order valence-electron chi connectivity index (χ2n) is 4.67. The van der Waals surface area contributed by atoms with Crippen LogP contribution >= 0.6 is 11.3 Å². The average Bonchev–Trinajstić information content (AvgIpc) is 2.66. The minimum absolute atomic E-state index is 0.0644. The summed E-state index contributed by atoms with van der Waals surface area (Å²) in [6.07, 6.45) is 2.62. The molecule has 1 aliphatic rings. The zero-order valence-electron chi connectivity index (χ0n) is 9.90. The molecule has 2 heterocycles. The Morgan fingerprint density at radius 2 is 2.50 bits per heavy atom. The molecule has 1 aromatic rings. The van der Waals surface area contributed by atoms with Crippen molar-refractivity contribution in [1.29, 1.82) is 0 Å². The number of hydrogen-bond acceptors (Lipinski definition) is 4. The zero-order chi connectivity index (χ0) is 11.5. The number of ketones is 1. The molecule has 0 amide bonds. The first kappa shape index (κ1) is 11.7. The highest BCUT2D eigenvalue weighted by molar-refractivity contribution is 7.09. The van der Waals surface area contributed by atoms with Gasteiger partial charge in [-0.25, -0.2) is 4.98 Å². The van der Waals surface area contributed by atoms with Crippen LogP contribution in [0.4, 0.5) is 0 Å². The standard InChI is InChI=1S/C12H18N2OS/c1-9-4-3-5-14(6-9)7-12-13-11(8-16-12)10(2)15/h8-9H,3-7H2,1-2H3. The summed E-state index contributed by atoms with van der Waals surface area (Å²) in [6.45, 7) is 7.10. The van der Waals surface area contributed by atoms with Gasteiger partial charge in [0.2, 0.25) is 0 Å². The molecule has 2 rings (SSSR count). The molecule has 16 heavy (non-hydrogen) atoms. The fourth-order valence-electron chi connectivity index (χ4n) is 2.17. The van der Waals surface area contributed by atoms with Crippen molar-refractivity contribution >= 4 is 17.1 Å². The third kappa shape index (κ3) is 2.89. The number of nitrogens with zero attached hydrogens (tertiary/aromatic N) is 2. The Hall–Kier alpha value is -0.740. The molecule has 1 saturated heterocycles. The van der Waals surface area contributed by atoms with Gasteiger partial charge in [-0.3, -0.25) is 9.69 Å². The van der Waals surface area contributed by atoms with Crippen molar-refractivity contribution in [3.8, 4) is 0 Å². The lowest BCUT2D eigenvalue weighted by Gasteiger charge is -2.29. The van der Waals surface area contributed by atoms with Crippen LogP contribution in [0.1, 0.15) is 42.2 Å². The van der Waals surface area contributed by atoms with E-state index in [-0.39, 0.29) is 5.78 Å². The fourth-order valence-corrected chi connectivity index (χ4v) is 3.04. The molecule has 1 atom stereocenters. The van der Waals surface area contributed by atoms with E-state index in [1.165, 1.54) is 19.4 Å². The lowest BCUT2D eigenvalue weighted by molar-refractivity contribution is 0.101. The third-order valence-corrected chi connectivity index (χ3v) is 3.85. The lowest BCUT2D eigenvalue weighted by Crippen LogP contribution is -2.33. The Morgan fingerprint density at radius 3 is 3.12 bits per heavy atom. The second-order valence-corrected chi connectivity index (χ2v) is 5.61. The van der Waals surface area contributed by atoms with Crippen molar-refractivity contribution in [2.24, 2.45) is 5.92 Å². The summed E-state index contributed by atoms with van der Waals surface area (Å²) in [5.41, 5.74) is 0.616. The first-order valence-corrected chi connectivity index (χ1v) is 6.71. The first-order chi connectivity index (χ1) is 7.65. The Bertz CT molecular complexity index is 375. The van der Waals surface area contributed by atoms with Crippen LogP contribution < -0.4 is 0 Å². The fraction of sp³-hybridized carbons (Fsp3) is 0.667. The molecule has 0 spiro atoms. The highest BCUT2D eigenvalue weighted by Crippen LogP contribution is 2.19. The predicted octanol–water partition coefficient (Wildman–Crippen LogP) is 2.58. The smallest absolute Gasteiger partial charge is 0.178 e. The molecule has 88 valence electrons. The van der Waals surface area contributed by atoms with E-state index in [9.17, 15) is 4.79 Å². The first-order valence-electron chi connectivity index (χ1n) is 5.83. The van der Waals surface area contributed by atoms with Gasteiger partial charge < -0.3 is 0 Å². The Labute approximate surface area is 100 Å². The van der Waals surface area contributed by atoms with Crippen molar-refractivity contribution in [2.75, 3.05) is 13.1 Å². The van der Waals surface area contributed by atoms with Gasteiger partial charge in [0.15, 0.2) is 5.78 Å². The maximum absolute atomic E-state index is 11.1. The van der Waals surface area contributed by atoms with Crippen LogP contribution in [0.3, 0.4) is 0 Å². The number of carbonyl (C=O) groups is 1. The largest absolute Gasteiger partial charge is 0.296 e. The molecule has 0 radical (unpaired) electrons. The summed E-state index contributed by atoms with van der Waals surface area (Å²) in [7, 11) is 0. The van der Waals surface area contributed by atoms with Crippen molar-refractivity contribution in [3.05, 3.63) is 16.1 Å². The summed E-state index contributed by atoms with van der Waals surface area (Å²) < 4.78 is 0. The SMILES string of the molecule is CC(=O)c1csc(CN2CCCC(C)C2)n1. The number of Topliss-reactive ketones (excluding diaryl/α,β-unsaturated/α-hetero) is 1. The van der Waals surface area contributed by atoms with Crippen LogP contribution in [-0.2, 0) is 6.54 Å². The molecule has 3 nitrogen and oxygen atoms in total. The van der Waals surface area contributed by atoms with Gasteiger partial charge in [0.1, 0.15) is 10.7 Å². The van der Waals surface area contributed by atoms with Gasteiger partial charge in [-0.2, -0.15) is 0 Å². The maximum atomic E-state index is 11.1. The van der Waals surface area contributed by atoms with Gasteiger partial charge in [-0.1, -0.05) is 6.92 Å². The molecule has 1 aliphatic heterocycles. The number of likely N-dealkylation sites (tertiary alicyclic amines) is 1. The molecule has 0 bridgehead atoms. The molecular formula is C12H18N2OS. The van der Waals surface area contributed by atoms with Gasteiger partial charge in [0, 0.05) is 18.8 Å². The summed E-state index contributed by atoms with van der Waals surface area (Å²) in [5.74, 6) is 0.857. The van der Waals surface area contributed by atoms with E-state index in [0.29, 0.717) is 5.69 Å². The topological polar surface area (TPSA) is 33.2 Å². The minimum atomic E-state index is 0.0644. The molecular weight excluding hydrogens is 220 g/mol. The number of piperidine rings is 1. The van der Waals surface area contributed by atoms with E-state index < -0.39 is 0 Å². The number of carbonyl (C=O) groups excluding carboxylic acids is 1. The molecule has 1 fully saturated rings. The highest BCUT2D eigenvalue weighted by Gasteiger charge is 2.17. The summed E-state index contributed by atoms with van der Waals surface area (Å²) in [5, 5.41) is 2.93. The molecule has 1 unspecified atom stereocenters. The predicted molar refractivity (Wildman–Crippen MR) is 65.8 cm³/mol. The molecule has 4 heteroatoms. The van der Waals surface area contributed by atoms with Gasteiger partial charge in [-0.05, 0) is 25.3 Å². The molecule has 0 saturated carbocycles. The quantitative estimate of drug-likeness (QED) is 0.759. The lowest BCUT2D eigenvalue weighted by atomic mass is 10.0. The van der Waals surface area contributed by atoms with Gasteiger partial charge in [0.25, 0.3) is 0 Å². The van der Waals surface area contributed by atoms with E-state index >= 15 is 0 Å². The summed E-state index contributed by atoms with van der Waals surface area (Å²) >= 11 is 1.60. The van der Waals surface area contributed by atoms with Crippen molar-refractivity contribution in [1.82, 2.24) is 9.88 Å². The van der Waals surface area contributed by atoms with Crippen molar-refractivity contribution in [2.45, 2.75) is 33.2 Å². The maximum Gasteiger partial charge on any atom is 0.178 e. The monoisotopic (exact) mass is 238 g/mol. The molecule has 0 aliphatic carbocycles. The Morgan fingerprint density at radius 1 is 1.69 bits per heavy atom. The van der Waals surface area contributed by atoms with Crippen LogP contribution in [0.25, 0.3) is 0 Å². The third-order valence-electron chi connectivity index (χ3n) is 3.01. The number of hydrogen-bond donors (Lipinski definition) is 0. The zero-order valence-corrected chi connectivity index (χ0v) is 10.7. The van der Waals surface area contributed by atoms with E-state index in [1.54, 1.807) is 18.3 Å². The number of rotatable bonds is 3. The van der Waals surface area contributed by atoms with Crippen LogP contribution in [0.2, 0.25) is 0 Å². The minimum Gasteiger partial charge on any atom is -0.296 e. The van der Waals surface area contributed by atoms with Crippen LogP contribution in [0.15, 0.2) is 5.38 Å². The molecule has 0 N–H and O–H groups in total. The summed E-state index contributed by atoms with van der Waals surface area (Å²) in [4.78, 5) is 17.9. The molecule has 1 aromatic heterocycles. The number of thiazole rings is 1. The van der Waals surface area contributed by atoms with Crippen LogP contribution in [0, 0.1) is 5.92 Å². The molecule has 0 aromatic carbocycles. The van der Waals surface area contributed by atoms with E-state index in [1.807, 2.05) is 5.38 Å².